The van der Waals surface area contributed by atoms with Crippen LogP contribution in [0.2, 0.25) is 0 Å². The predicted octanol–water partition coefficient (Wildman–Crippen LogP) is 2.44. The largest absolute Gasteiger partial charge is 0.352 e. The van der Waals surface area contributed by atoms with Crippen LogP contribution < -0.4 is 0 Å². The minimum absolute atomic E-state index is 0.410. The van der Waals surface area contributed by atoms with Crippen molar-refractivity contribution < 1.29 is 0 Å². The molecule has 1 saturated heterocycles. The number of rotatable bonds is 1. The Bertz CT molecular complexity index is 540. The number of piperazine rings is 1. The van der Waals surface area contributed by atoms with Crippen LogP contribution in [0.4, 0.5) is 0 Å². The third-order valence-corrected chi connectivity index (χ3v) is 4.89. The third-order valence-electron chi connectivity index (χ3n) is 4.35. The lowest BCUT2D eigenvalue weighted by Crippen LogP contribution is -2.49. The fourth-order valence-corrected chi connectivity index (χ4v) is 3.28. The molecule has 0 spiro atoms. The Balaban J connectivity index is 1.90. The van der Waals surface area contributed by atoms with Gasteiger partial charge in [-0.25, -0.2) is 10.0 Å². The molecular formula is C15H22BrN5. The number of amidine groups is 1. The van der Waals surface area contributed by atoms with Crippen molar-refractivity contribution in [1.82, 2.24) is 14.8 Å². The van der Waals surface area contributed by atoms with Gasteiger partial charge < -0.3 is 9.80 Å². The molecule has 1 unspecified atom stereocenters. The molecule has 21 heavy (non-hydrogen) atoms. The molecular weight excluding hydrogens is 330 g/mol. The van der Waals surface area contributed by atoms with E-state index in [-0.39, 0.29) is 0 Å². The Morgan fingerprint density at radius 1 is 1.29 bits per heavy atom. The number of hydrazone groups is 1. The van der Waals surface area contributed by atoms with E-state index in [4.69, 9.17) is 5.10 Å². The molecule has 0 radical (unpaired) electrons. The molecule has 3 rings (SSSR count). The van der Waals surface area contributed by atoms with Gasteiger partial charge in [0.1, 0.15) is 10.3 Å². The maximum absolute atomic E-state index is 4.75. The molecule has 0 aromatic rings. The van der Waals surface area contributed by atoms with Crippen LogP contribution in [-0.2, 0) is 0 Å². The van der Waals surface area contributed by atoms with E-state index in [0.29, 0.717) is 5.92 Å². The zero-order chi connectivity index (χ0) is 15.0. The van der Waals surface area contributed by atoms with Gasteiger partial charge in [0.05, 0.1) is 6.20 Å². The van der Waals surface area contributed by atoms with E-state index < -0.39 is 0 Å². The first-order valence-electron chi connectivity index (χ1n) is 7.54. The van der Waals surface area contributed by atoms with Crippen molar-refractivity contribution >= 4 is 27.5 Å². The summed E-state index contributed by atoms with van der Waals surface area (Å²) in [6, 6.07) is 0. The van der Waals surface area contributed by atoms with Crippen molar-refractivity contribution in [3.8, 4) is 0 Å². The van der Waals surface area contributed by atoms with E-state index in [1.54, 1.807) is 0 Å². The smallest absolute Gasteiger partial charge is 0.154 e. The van der Waals surface area contributed by atoms with Crippen molar-refractivity contribution in [2.24, 2.45) is 16.0 Å². The van der Waals surface area contributed by atoms with Gasteiger partial charge in [-0.15, -0.1) is 0 Å². The van der Waals surface area contributed by atoms with Crippen LogP contribution in [0, 0.1) is 5.92 Å². The Labute approximate surface area is 134 Å². The molecule has 0 bridgehead atoms. The number of aliphatic imine (C=N–C) groups is 1. The van der Waals surface area contributed by atoms with Gasteiger partial charge in [-0.2, -0.15) is 5.10 Å². The minimum atomic E-state index is 0.410. The highest BCUT2D eigenvalue weighted by atomic mass is 79.9. The maximum Gasteiger partial charge on any atom is 0.154 e. The van der Waals surface area contributed by atoms with E-state index in [0.717, 1.165) is 54.5 Å². The summed E-state index contributed by atoms with van der Waals surface area (Å²) in [5.41, 5.74) is 2.28. The molecule has 114 valence electrons. The van der Waals surface area contributed by atoms with Crippen LogP contribution >= 0.6 is 15.9 Å². The van der Waals surface area contributed by atoms with Gasteiger partial charge >= 0.3 is 0 Å². The lowest BCUT2D eigenvalue weighted by Gasteiger charge is -2.39. The fraction of sp³-hybridized carbons (Fsp3) is 0.600. The van der Waals surface area contributed by atoms with Gasteiger partial charge in [0.2, 0.25) is 0 Å². The van der Waals surface area contributed by atoms with Crippen LogP contribution in [0.25, 0.3) is 0 Å². The van der Waals surface area contributed by atoms with Crippen LogP contribution in [0.15, 0.2) is 32.7 Å². The summed E-state index contributed by atoms with van der Waals surface area (Å²) in [5.74, 6) is 1.47. The van der Waals surface area contributed by atoms with E-state index in [1.807, 2.05) is 11.2 Å². The minimum Gasteiger partial charge on any atom is -0.352 e. The van der Waals surface area contributed by atoms with Crippen molar-refractivity contribution in [3.05, 3.63) is 22.6 Å². The molecule has 3 aliphatic heterocycles. The molecule has 0 saturated carbocycles. The molecule has 1 atom stereocenters. The second kappa shape index (κ2) is 5.93. The first-order chi connectivity index (χ1) is 10.1. The van der Waals surface area contributed by atoms with Gasteiger partial charge in [0, 0.05) is 37.8 Å². The zero-order valence-corrected chi connectivity index (χ0v) is 14.5. The molecule has 0 aliphatic carbocycles. The number of hydrogen-bond acceptors (Lipinski definition) is 5. The number of likely N-dealkylation sites (N-methyl/N-ethyl adjacent to an activating group) is 1. The molecule has 0 amide bonds. The first-order valence-corrected chi connectivity index (χ1v) is 8.34. The lowest BCUT2D eigenvalue weighted by molar-refractivity contribution is 0.213. The van der Waals surface area contributed by atoms with Crippen LogP contribution in [0.5, 0.6) is 0 Å². The van der Waals surface area contributed by atoms with E-state index in [2.05, 4.69) is 57.7 Å². The number of nitrogens with zero attached hydrogens (tertiary/aromatic N) is 5. The highest BCUT2D eigenvalue weighted by Crippen LogP contribution is 2.31. The zero-order valence-electron chi connectivity index (χ0n) is 12.9. The van der Waals surface area contributed by atoms with Crippen LogP contribution in [0.1, 0.15) is 20.3 Å². The van der Waals surface area contributed by atoms with Crippen molar-refractivity contribution in [3.63, 3.8) is 0 Å². The summed E-state index contributed by atoms with van der Waals surface area (Å²) in [4.78, 5) is 9.40. The van der Waals surface area contributed by atoms with Gasteiger partial charge in [-0.3, -0.25) is 0 Å². The Morgan fingerprint density at radius 3 is 2.67 bits per heavy atom. The molecule has 0 N–H and O–H groups in total. The predicted molar refractivity (Wildman–Crippen MR) is 90.3 cm³/mol. The summed E-state index contributed by atoms with van der Waals surface area (Å²) in [6.07, 6.45) is 5.24. The van der Waals surface area contributed by atoms with Gasteiger partial charge in [-0.1, -0.05) is 6.92 Å². The number of fused-ring (bicyclic) bond motifs is 1. The molecule has 0 aromatic heterocycles. The average molecular weight is 352 g/mol. The van der Waals surface area contributed by atoms with E-state index in [9.17, 15) is 0 Å². The lowest BCUT2D eigenvalue weighted by atomic mass is 9.98. The molecule has 5 nitrogen and oxygen atoms in total. The Kier molecular flexibility index (Phi) is 4.17. The third kappa shape index (κ3) is 2.79. The summed E-state index contributed by atoms with van der Waals surface area (Å²) < 4.78 is 0.903. The summed E-state index contributed by atoms with van der Waals surface area (Å²) in [6.45, 7) is 8.50. The van der Waals surface area contributed by atoms with E-state index >= 15 is 0 Å². The molecule has 3 aliphatic rings. The molecule has 6 heteroatoms. The van der Waals surface area contributed by atoms with Crippen LogP contribution in [-0.4, -0.2) is 59.6 Å². The van der Waals surface area contributed by atoms with Gasteiger partial charge in [-0.05, 0) is 42.4 Å². The summed E-state index contributed by atoms with van der Waals surface area (Å²) in [7, 11) is 2.17. The molecule has 1 fully saturated rings. The Morgan fingerprint density at radius 2 is 2.00 bits per heavy atom. The number of hydrogen-bond donors (Lipinski definition) is 0. The second-order valence-corrected chi connectivity index (χ2v) is 6.63. The number of allylic oxidation sites excluding steroid dienone is 1. The average Bonchev–Trinajstić information content (AvgIpc) is 2.49. The summed E-state index contributed by atoms with van der Waals surface area (Å²) >= 11 is 3.57. The molecule has 3 heterocycles. The first kappa shape index (κ1) is 14.8. The van der Waals surface area contributed by atoms with Gasteiger partial charge in [0.25, 0.3) is 0 Å². The van der Waals surface area contributed by atoms with Crippen molar-refractivity contribution in [2.45, 2.75) is 20.3 Å². The van der Waals surface area contributed by atoms with Crippen LogP contribution in [0.3, 0.4) is 0 Å². The second-order valence-electron chi connectivity index (χ2n) is 5.81. The van der Waals surface area contributed by atoms with Crippen molar-refractivity contribution in [1.29, 1.82) is 0 Å². The standard InChI is InChI=1S/C15H22BrN5/c1-4-12-9-13-15(20-7-5-19(3)6-8-20)17-10-14(16)21(13)18-11(12)2/h9-10,12H,4-8H2,1-3H3. The SMILES string of the molecule is CCC1C=C2C(N3CCN(C)CC3)=NC=C(Br)N2N=C1C. The number of halogens is 1. The maximum atomic E-state index is 4.75. The monoisotopic (exact) mass is 351 g/mol. The normalized spacial score (nSPS) is 26.8. The summed E-state index contributed by atoms with van der Waals surface area (Å²) in [5, 5.41) is 6.72. The van der Waals surface area contributed by atoms with Crippen molar-refractivity contribution in [2.75, 3.05) is 33.2 Å². The molecule has 0 aromatic carbocycles. The topological polar surface area (TPSA) is 34.4 Å². The highest BCUT2D eigenvalue weighted by Gasteiger charge is 2.31. The quantitative estimate of drug-likeness (QED) is 0.680. The Hall–Kier alpha value is -1.14. The fourth-order valence-electron chi connectivity index (χ4n) is 2.91. The van der Waals surface area contributed by atoms with Gasteiger partial charge in [0.15, 0.2) is 5.84 Å². The van der Waals surface area contributed by atoms with E-state index in [1.165, 1.54) is 0 Å². The highest BCUT2D eigenvalue weighted by molar-refractivity contribution is 9.11.